The Hall–Kier alpha value is -0.900. The van der Waals surface area contributed by atoms with Crippen molar-refractivity contribution >= 4 is 21.9 Å². The number of benzene rings is 1. The van der Waals surface area contributed by atoms with Crippen LogP contribution in [0, 0.1) is 23.1 Å². The molecule has 0 aromatic heterocycles. The first-order valence-electron chi connectivity index (χ1n) is 6.68. The lowest BCUT2D eigenvalue weighted by Gasteiger charge is -2.34. The van der Waals surface area contributed by atoms with Gasteiger partial charge in [0.2, 0.25) is 0 Å². The zero-order chi connectivity index (χ0) is 13.6. The van der Waals surface area contributed by atoms with E-state index in [1.165, 1.54) is 12.1 Å². The van der Waals surface area contributed by atoms with Gasteiger partial charge in [-0.25, -0.2) is 4.39 Å². The number of carboxylic acids is 1. The van der Waals surface area contributed by atoms with Crippen LogP contribution < -0.4 is 0 Å². The number of rotatable bonds is 3. The highest BCUT2D eigenvalue weighted by molar-refractivity contribution is 9.10. The summed E-state index contributed by atoms with van der Waals surface area (Å²) in [6.07, 6.45) is 4.37. The zero-order valence-electron chi connectivity index (χ0n) is 10.5. The molecule has 2 aliphatic carbocycles. The third-order valence-corrected chi connectivity index (χ3v) is 5.69. The number of halogens is 2. The van der Waals surface area contributed by atoms with Crippen LogP contribution in [0.5, 0.6) is 0 Å². The average Bonchev–Trinajstić information content (AvgIpc) is 2.94. The third-order valence-electron chi connectivity index (χ3n) is 4.92. The predicted octanol–water partition coefficient (Wildman–Crippen LogP) is 4.02. The highest BCUT2D eigenvalue weighted by Crippen LogP contribution is 2.57. The second-order valence-electron chi connectivity index (χ2n) is 5.95. The van der Waals surface area contributed by atoms with Gasteiger partial charge in [-0.2, -0.15) is 0 Å². The Morgan fingerprint density at radius 1 is 1.47 bits per heavy atom. The molecule has 2 aliphatic rings. The van der Waals surface area contributed by atoms with Gasteiger partial charge < -0.3 is 5.11 Å². The molecule has 0 aliphatic heterocycles. The fourth-order valence-corrected chi connectivity index (χ4v) is 4.40. The van der Waals surface area contributed by atoms with Gasteiger partial charge in [0, 0.05) is 4.47 Å². The number of hydrogen-bond acceptors (Lipinski definition) is 1. The maximum Gasteiger partial charge on any atom is 0.310 e. The lowest BCUT2D eigenvalue weighted by Crippen LogP contribution is -2.38. The van der Waals surface area contributed by atoms with Gasteiger partial charge in [0.15, 0.2) is 0 Å². The van der Waals surface area contributed by atoms with E-state index in [4.69, 9.17) is 0 Å². The summed E-state index contributed by atoms with van der Waals surface area (Å²) < 4.78 is 14.2. The summed E-state index contributed by atoms with van der Waals surface area (Å²) in [6, 6.07) is 4.51. The van der Waals surface area contributed by atoms with Gasteiger partial charge in [0.1, 0.15) is 5.82 Å². The zero-order valence-corrected chi connectivity index (χ0v) is 12.1. The van der Waals surface area contributed by atoms with E-state index in [-0.39, 0.29) is 11.7 Å². The van der Waals surface area contributed by atoms with Crippen molar-refractivity contribution in [3.8, 4) is 0 Å². The monoisotopic (exact) mass is 326 g/mol. The highest BCUT2D eigenvalue weighted by atomic mass is 79.9. The summed E-state index contributed by atoms with van der Waals surface area (Å²) in [4.78, 5) is 11.8. The predicted molar refractivity (Wildman–Crippen MR) is 73.3 cm³/mol. The average molecular weight is 327 g/mol. The van der Waals surface area contributed by atoms with Gasteiger partial charge >= 0.3 is 5.97 Å². The molecule has 1 N–H and O–H groups in total. The number of hydrogen-bond donors (Lipinski definition) is 1. The van der Waals surface area contributed by atoms with Crippen molar-refractivity contribution in [2.24, 2.45) is 17.3 Å². The minimum absolute atomic E-state index is 0.255. The van der Waals surface area contributed by atoms with Crippen molar-refractivity contribution in [2.75, 3.05) is 0 Å². The molecule has 2 bridgehead atoms. The van der Waals surface area contributed by atoms with Gasteiger partial charge in [-0.3, -0.25) is 4.79 Å². The Morgan fingerprint density at radius 3 is 2.84 bits per heavy atom. The van der Waals surface area contributed by atoms with E-state index in [0.29, 0.717) is 12.3 Å². The molecular formula is C15H16BrFO2. The largest absolute Gasteiger partial charge is 0.481 e. The molecule has 0 saturated heterocycles. The fraction of sp³-hybridized carbons (Fsp3) is 0.533. The Kier molecular flexibility index (Phi) is 3.16. The van der Waals surface area contributed by atoms with E-state index in [1.54, 1.807) is 6.07 Å². The minimum atomic E-state index is -0.712. The summed E-state index contributed by atoms with van der Waals surface area (Å²) in [5.41, 5.74) is 0.0918. The molecule has 19 heavy (non-hydrogen) atoms. The molecule has 1 aromatic rings. The van der Waals surface area contributed by atoms with E-state index in [2.05, 4.69) is 15.9 Å². The number of carbonyl (C=O) groups is 1. The molecule has 0 amide bonds. The SMILES string of the molecule is O=C(O)C1(Cc2cc(F)ccc2Br)CC2CCC1C2. The van der Waals surface area contributed by atoms with E-state index in [1.807, 2.05) is 0 Å². The van der Waals surface area contributed by atoms with Crippen molar-refractivity contribution in [3.63, 3.8) is 0 Å². The second-order valence-corrected chi connectivity index (χ2v) is 6.81. The molecule has 3 rings (SSSR count). The summed E-state index contributed by atoms with van der Waals surface area (Å²) in [6.45, 7) is 0. The maximum atomic E-state index is 13.4. The molecule has 1 aromatic carbocycles. The van der Waals surface area contributed by atoms with Crippen molar-refractivity contribution in [1.29, 1.82) is 0 Å². The van der Waals surface area contributed by atoms with Crippen LogP contribution in [0.1, 0.15) is 31.2 Å². The van der Waals surface area contributed by atoms with Gasteiger partial charge in [-0.05, 0) is 61.3 Å². The van der Waals surface area contributed by atoms with Crippen LogP contribution in [0.3, 0.4) is 0 Å². The summed E-state index contributed by atoms with van der Waals surface area (Å²) in [5.74, 6) is -0.212. The van der Waals surface area contributed by atoms with Crippen LogP contribution in [0.25, 0.3) is 0 Å². The molecule has 0 radical (unpaired) electrons. The number of aliphatic carboxylic acids is 1. The smallest absolute Gasteiger partial charge is 0.310 e. The van der Waals surface area contributed by atoms with E-state index in [9.17, 15) is 14.3 Å². The lowest BCUT2D eigenvalue weighted by atomic mass is 9.69. The summed E-state index contributed by atoms with van der Waals surface area (Å²) >= 11 is 3.40. The van der Waals surface area contributed by atoms with Crippen molar-refractivity contribution < 1.29 is 14.3 Å². The van der Waals surface area contributed by atoms with Crippen LogP contribution >= 0.6 is 15.9 Å². The van der Waals surface area contributed by atoms with Crippen molar-refractivity contribution in [2.45, 2.75) is 32.1 Å². The van der Waals surface area contributed by atoms with Crippen molar-refractivity contribution in [1.82, 2.24) is 0 Å². The standard InChI is InChI=1S/C15H16BrFO2/c16-13-4-3-12(17)6-10(13)8-15(14(18)19)7-9-1-2-11(15)5-9/h3-4,6,9,11H,1-2,5,7-8H2,(H,18,19). The molecule has 4 heteroatoms. The molecule has 102 valence electrons. The molecule has 3 atom stereocenters. The lowest BCUT2D eigenvalue weighted by molar-refractivity contribution is -0.152. The van der Waals surface area contributed by atoms with Crippen molar-refractivity contribution in [3.05, 3.63) is 34.1 Å². The number of carboxylic acid groups (broad SMARTS) is 1. The Bertz CT molecular complexity index is 531. The molecule has 0 spiro atoms. The molecule has 2 nitrogen and oxygen atoms in total. The van der Waals surface area contributed by atoms with Gasteiger partial charge in [0.05, 0.1) is 5.41 Å². The third kappa shape index (κ3) is 2.10. The first kappa shape index (κ1) is 13.1. The first-order chi connectivity index (χ1) is 9.01. The van der Waals surface area contributed by atoms with Crippen LogP contribution in [0.4, 0.5) is 4.39 Å². The minimum Gasteiger partial charge on any atom is -0.481 e. The van der Waals surface area contributed by atoms with E-state index in [0.717, 1.165) is 35.7 Å². The fourth-order valence-electron chi connectivity index (χ4n) is 4.02. The molecular weight excluding hydrogens is 311 g/mol. The molecule has 0 heterocycles. The highest BCUT2D eigenvalue weighted by Gasteiger charge is 2.55. The Morgan fingerprint density at radius 2 is 2.26 bits per heavy atom. The molecule has 3 unspecified atom stereocenters. The Labute approximate surface area is 120 Å². The molecule has 2 fully saturated rings. The second kappa shape index (κ2) is 4.58. The van der Waals surface area contributed by atoms with Gasteiger partial charge in [0.25, 0.3) is 0 Å². The number of fused-ring (bicyclic) bond motifs is 2. The topological polar surface area (TPSA) is 37.3 Å². The van der Waals surface area contributed by atoms with Crippen LogP contribution in [-0.4, -0.2) is 11.1 Å². The van der Waals surface area contributed by atoms with E-state index < -0.39 is 11.4 Å². The first-order valence-corrected chi connectivity index (χ1v) is 7.48. The summed E-state index contributed by atoms with van der Waals surface area (Å²) in [5, 5.41) is 9.70. The van der Waals surface area contributed by atoms with Crippen LogP contribution in [0.15, 0.2) is 22.7 Å². The molecule has 2 saturated carbocycles. The maximum absolute atomic E-state index is 13.4. The van der Waals surface area contributed by atoms with Crippen LogP contribution in [-0.2, 0) is 11.2 Å². The normalized spacial score (nSPS) is 32.7. The van der Waals surface area contributed by atoms with Gasteiger partial charge in [-0.15, -0.1) is 0 Å². The quantitative estimate of drug-likeness (QED) is 0.910. The van der Waals surface area contributed by atoms with Crippen LogP contribution in [0.2, 0.25) is 0 Å². The van der Waals surface area contributed by atoms with E-state index >= 15 is 0 Å². The summed E-state index contributed by atoms with van der Waals surface area (Å²) in [7, 11) is 0. The Balaban J connectivity index is 1.95. The van der Waals surface area contributed by atoms with Gasteiger partial charge in [-0.1, -0.05) is 22.4 Å².